The number of rotatable bonds is 5. The number of aryl methyl sites for hydroxylation is 1. The zero-order valence-corrected chi connectivity index (χ0v) is 11.8. The van der Waals surface area contributed by atoms with Crippen molar-refractivity contribution >= 4 is 0 Å². The van der Waals surface area contributed by atoms with Crippen LogP contribution in [0.2, 0.25) is 0 Å². The normalized spacial score (nSPS) is 16.1. The van der Waals surface area contributed by atoms with Gasteiger partial charge >= 0.3 is 0 Å². The maximum absolute atomic E-state index is 5.84. The zero-order chi connectivity index (χ0) is 14.1. The van der Waals surface area contributed by atoms with Gasteiger partial charge < -0.3 is 4.74 Å². The number of aromatic nitrogens is 2. The van der Waals surface area contributed by atoms with E-state index in [-0.39, 0.29) is 6.04 Å². The molecule has 106 valence electrons. The molecule has 1 saturated carbocycles. The third-order valence-electron chi connectivity index (χ3n) is 3.77. The van der Waals surface area contributed by atoms with Crippen LogP contribution in [0.5, 0.6) is 5.75 Å². The molecule has 2 aromatic rings. The molecule has 0 aliphatic heterocycles. The van der Waals surface area contributed by atoms with Crippen molar-refractivity contribution < 1.29 is 4.74 Å². The highest BCUT2D eigenvalue weighted by Crippen LogP contribution is 2.30. The molecule has 0 amide bonds. The lowest BCUT2D eigenvalue weighted by molar-refractivity contribution is 0.302. The first-order valence-electron chi connectivity index (χ1n) is 6.90. The third-order valence-corrected chi connectivity index (χ3v) is 3.77. The summed E-state index contributed by atoms with van der Waals surface area (Å²) < 4.78 is 7.69. The fraction of sp³-hybridized carbons (Fsp3) is 0.400. The molecule has 5 heteroatoms. The minimum absolute atomic E-state index is 0.0774. The lowest BCUT2D eigenvalue weighted by Crippen LogP contribution is -2.29. The molecule has 1 aromatic carbocycles. The Morgan fingerprint density at radius 1 is 1.45 bits per heavy atom. The van der Waals surface area contributed by atoms with Crippen LogP contribution in [-0.2, 0) is 7.05 Å². The van der Waals surface area contributed by atoms with Crippen LogP contribution >= 0.6 is 0 Å². The number of benzene rings is 1. The molecule has 1 aliphatic rings. The summed E-state index contributed by atoms with van der Waals surface area (Å²) in [7, 11) is 1.93. The van der Waals surface area contributed by atoms with E-state index in [1.165, 1.54) is 0 Å². The molecular weight excluding hydrogens is 252 g/mol. The number of ether oxygens (including phenoxy) is 1. The summed E-state index contributed by atoms with van der Waals surface area (Å²) in [6.45, 7) is 2.04. The molecule has 3 N–H and O–H groups in total. The maximum Gasteiger partial charge on any atom is 0.120 e. The first-order valence-corrected chi connectivity index (χ1v) is 6.90. The molecule has 1 fully saturated rings. The fourth-order valence-electron chi connectivity index (χ4n) is 2.31. The van der Waals surface area contributed by atoms with Gasteiger partial charge in [0, 0.05) is 18.3 Å². The predicted octanol–water partition coefficient (Wildman–Crippen LogP) is 1.82. The maximum atomic E-state index is 5.84. The molecule has 1 atom stereocenters. The Labute approximate surface area is 118 Å². The van der Waals surface area contributed by atoms with Gasteiger partial charge in [-0.25, -0.2) is 5.43 Å². The Bertz CT molecular complexity index is 604. The molecule has 1 heterocycles. The summed E-state index contributed by atoms with van der Waals surface area (Å²) in [6, 6.07) is 8.02. The quantitative estimate of drug-likeness (QED) is 0.643. The second-order valence-electron chi connectivity index (χ2n) is 5.30. The summed E-state index contributed by atoms with van der Waals surface area (Å²) >= 11 is 0. The van der Waals surface area contributed by atoms with Gasteiger partial charge in [-0.1, -0.05) is 12.1 Å². The van der Waals surface area contributed by atoms with E-state index in [0.29, 0.717) is 6.10 Å². The van der Waals surface area contributed by atoms with E-state index in [0.717, 1.165) is 35.4 Å². The fourth-order valence-corrected chi connectivity index (χ4v) is 2.31. The average Bonchev–Trinajstić information content (AvgIpc) is 3.20. The highest BCUT2D eigenvalue weighted by molar-refractivity contribution is 5.37. The lowest BCUT2D eigenvalue weighted by atomic mass is 10.00. The van der Waals surface area contributed by atoms with E-state index in [9.17, 15) is 0 Å². The summed E-state index contributed by atoms with van der Waals surface area (Å²) in [5.74, 6) is 6.66. The van der Waals surface area contributed by atoms with Crippen LogP contribution in [0, 0.1) is 6.92 Å². The molecule has 20 heavy (non-hydrogen) atoms. The minimum Gasteiger partial charge on any atom is -0.490 e. The van der Waals surface area contributed by atoms with Crippen LogP contribution in [-0.4, -0.2) is 15.9 Å². The summed E-state index contributed by atoms with van der Waals surface area (Å²) in [4.78, 5) is 0. The smallest absolute Gasteiger partial charge is 0.120 e. The van der Waals surface area contributed by atoms with Gasteiger partial charge in [-0.15, -0.1) is 0 Å². The third kappa shape index (κ3) is 2.55. The van der Waals surface area contributed by atoms with E-state index in [1.54, 1.807) is 0 Å². The van der Waals surface area contributed by atoms with Gasteiger partial charge in [0.1, 0.15) is 5.75 Å². The van der Waals surface area contributed by atoms with Crippen molar-refractivity contribution in [3.63, 3.8) is 0 Å². The van der Waals surface area contributed by atoms with Gasteiger partial charge in [-0.2, -0.15) is 5.10 Å². The molecule has 0 spiro atoms. The average molecular weight is 272 g/mol. The lowest BCUT2D eigenvalue weighted by Gasteiger charge is -2.17. The molecule has 3 rings (SSSR count). The van der Waals surface area contributed by atoms with Gasteiger partial charge in [-0.05, 0) is 37.5 Å². The molecule has 0 saturated heterocycles. The Kier molecular flexibility index (Phi) is 3.46. The van der Waals surface area contributed by atoms with Crippen LogP contribution in [0.3, 0.4) is 0 Å². The second kappa shape index (κ2) is 5.26. The van der Waals surface area contributed by atoms with Crippen molar-refractivity contribution in [3.8, 4) is 5.75 Å². The van der Waals surface area contributed by atoms with Crippen LogP contribution in [0.25, 0.3) is 0 Å². The molecule has 0 bridgehead atoms. The van der Waals surface area contributed by atoms with E-state index >= 15 is 0 Å². The second-order valence-corrected chi connectivity index (χ2v) is 5.30. The SMILES string of the molecule is Cc1c(C(NN)c2cccc(OC3CC3)c2)cnn1C. The summed E-state index contributed by atoms with van der Waals surface area (Å²) in [5, 5.41) is 4.28. The van der Waals surface area contributed by atoms with E-state index in [4.69, 9.17) is 10.6 Å². The summed E-state index contributed by atoms with van der Waals surface area (Å²) in [5.41, 5.74) is 6.14. The first kappa shape index (κ1) is 13.1. The van der Waals surface area contributed by atoms with Gasteiger partial charge in [-0.3, -0.25) is 10.5 Å². The number of hydrazine groups is 1. The molecule has 0 radical (unpaired) electrons. The molecule has 1 aromatic heterocycles. The standard InChI is InChI=1S/C15H20N4O/c1-10-14(9-17-19(10)2)15(18-16)11-4-3-5-13(8-11)20-12-6-7-12/h3-5,8-9,12,15,18H,6-7,16H2,1-2H3. The Morgan fingerprint density at radius 3 is 2.85 bits per heavy atom. The van der Waals surface area contributed by atoms with E-state index in [2.05, 4.69) is 22.7 Å². The van der Waals surface area contributed by atoms with Crippen molar-refractivity contribution in [1.82, 2.24) is 15.2 Å². The number of nitrogens with one attached hydrogen (secondary N) is 1. The van der Waals surface area contributed by atoms with Gasteiger partial charge in [0.05, 0.1) is 18.3 Å². The zero-order valence-electron chi connectivity index (χ0n) is 11.8. The van der Waals surface area contributed by atoms with Gasteiger partial charge in [0.15, 0.2) is 0 Å². The number of hydrogen-bond acceptors (Lipinski definition) is 4. The van der Waals surface area contributed by atoms with Crippen molar-refractivity contribution in [2.24, 2.45) is 12.9 Å². The highest BCUT2D eigenvalue weighted by atomic mass is 16.5. The largest absolute Gasteiger partial charge is 0.490 e. The topological polar surface area (TPSA) is 65.1 Å². The van der Waals surface area contributed by atoms with Crippen molar-refractivity contribution in [1.29, 1.82) is 0 Å². The van der Waals surface area contributed by atoms with Crippen molar-refractivity contribution in [2.45, 2.75) is 31.9 Å². The summed E-state index contributed by atoms with van der Waals surface area (Å²) in [6.07, 6.45) is 4.57. The molecule has 1 aliphatic carbocycles. The highest BCUT2D eigenvalue weighted by Gasteiger charge is 2.24. The predicted molar refractivity (Wildman–Crippen MR) is 77.2 cm³/mol. The first-order chi connectivity index (χ1) is 9.69. The molecule has 1 unspecified atom stereocenters. The number of nitrogens with zero attached hydrogens (tertiary/aromatic N) is 2. The van der Waals surface area contributed by atoms with E-state index in [1.807, 2.05) is 37.0 Å². The molecular formula is C15H20N4O. The Hall–Kier alpha value is -1.85. The Balaban J connectivity index is 1.90. The minimum atomic E-state index is -0.0774. The van der Waals surface area contributed by atoms with Crippen LogP contribution < -0.4 is 16.0 Å². The van der Waals surface area contributed by atoms with Gasteiger partial charge in [0.25, 0.3) is 0 Å². The number of nitrogens with two attached hydrogens (primary N) is 1. The van der Waals surface area contributed by atoms with Gasteiger partial charge in [0.2, 0.25) is 0 Å². The monoisotopic (exact) mass is 272 g/mol. The number of hydrogen-bond donors (Lipinski definition) is 2. The van der Waals surface area contributed by atoms with E-state index < -0.39 is 0 Å². The van der Waals surface area contributed by atoms with Crippen molar-refractivity contribution in [2.75, 3.05) is 0 Å². The molecule has 5 nitrogen and oxygen atoms in total. The van der Waals surface area contributed by atoms with Crippen molar-refractivity contribution in [3.05, 3.63) is 47.3 Å². The van der Waals surface area contributed by atoms with Crippen LogP contribution in [0.4, 0.5) is 0 Å². The Morgan fingerprint density at radius 2 is 2.25 bits per heavy atom. The van der Waals surface area contributed by atoms with Crippen LogP contribution in [0.15, 0.2) is 30.5 Å². The van der Waals surface area contributed by atoms with Crippen LogP contribution in [0.1, 0.15) is 35.7 Å².